The van der Waals surface area contributed by atoms with E-state index >= 15 is 0 Å². The molecule has 1 heterocycles. The van der Waals surface area contributed by atoms with E-state index in [1.165, 1.54) is 38.8 Å². The lowest BCUT2D eigenvalue weighted by Crippen LogP contribution is -2.17. The molecular weight excluding hydrogens is 150 g/mol. The average Bonchev–Trinajstić information content (AvgIpc) is 2.71. The van der Waals surface area contributed by atoms with Gasteiger partial charge in [-0.3, -0.25) is 0 Å². The van der Waals surface area contributed by atoms with Gasteiger partial charge < -0.3 is 10.0 Å². The average molecular weight is 169 g/mol. The third-order valence-electron chi connectivity index (χ3n) is 3.50. The van der Waals surface area contributed by atoms with Gasteiger partial charge >= 0.3 is 0 Å². The normalized spacial score (nSPS) is 34.0. The number of hydrogen-bond donors (Lipinski definition) is 1. The summed E-state index contributed by atoms with van der Waals surface area (Å²) in [5.74, 6) is 0.865. The van der Waals surface area contributed by atoms with Gasteiger partial charge in [-0.2, -0.15) is 0 Å². The minimum atomic E-state index is 0.371. The van der Waals surface area contributed by atoms with Gasteiger partial charge in [0.25, 0.3) is 0 Å². The van der Waals surface area contributed by atoms with E-state index in [0.29, 0.717) is 12.0 Å². The van der Waals surface area contributed by atoms with Crippen LogP contribution in [0.1, 0.15) is 25.7 Å². The molecule has 1 aliphatic carbocycles. The van der Waals surface area contributed by atoms with Crippen molar-refractivity contribution in [1.29, 1.82) is 0 Å². The van der Waals surface area contributed by atoms with Crippen LogP contribution in [0.4, 0.5) is 0 Å². The summed E-state index contributed by atoms with van der Waals surface area (Å²) >= 11 is 0. The molecule has 1 N–H and O–H groups in total. The number of nitrogens with zero attached hydrogens (tertiary/aromatic N) is 1. The zero-order valence-electron chi connectivity index (χ0n) is 7.92. The highest BCUT2D eigenvalue weighted by molar-refractivity contribution is 4.95. The molecule has 2 nitrogen and oxygen atoms in total. The summed E-state index contributed by atoms with van der Waals surface area (Å²) < 4.78 is 0. The van der Waals surface area contributed by atoms with Crippen LogP contribution in [0.2, 0.25) is 0 Å². The van der Waals surface area contributed by atoms with E-state index in [1.54, 1.807) is 0 Å². The van der Waals surface area contributed by atoms with Crippen molar-refractivity contribution in [3.63, 3.8) is 0 Å². The molecule has 0 aromatic heterocycles. The Bertz CT molecular complexity index is 165. The molecule has 2 rings (SSSR count). The van der Waals surface area contributed by atoms with E-state index in [2.05, 4.69) is 11.9 Å². The summed E-state index contributed by atoms with van der Waals surface area (Å²) in [4.78, 5) is 2.40. The number of rotatable bonds is 3. The SMILES string of the molecule is CN1CCC(CC2(CO)CC2)C1. The van der Waals surface area contributed by atoms with Crippen LogP contribution in [0.25, 0.3) is 0 Å². The Balaban J connectivity index is 1.80. The first-order valence-electron chi connectivity index (χ1n) is 5.03. The molecule has 0 radical (unpaired) electrons. The van der Waals surface area contributed by atoms with Crippen molar-refractivity contribution in [1.82, 2.24) is 4.90 Å². The highest BCUT2D eigenvalue weighted by Gasteiger charge is 2.44. The van der Waals surface area contributed by atoms with Gasteiger partial charge in [0.1, 0.15) is 0 Å². The molecule has 1 aliphatic heterocycles. The van der Waals surface area contributed by atoms with Crippen LogP contribution in [0.5, 0.6) is 0 Å². The molecule has 0 aromatic rings. The highest BCUT2D eigenvalue weighted by Crippen LogP contribution is 2.51. The van der Waals surface area contributed by atoms with Crippen LogP contribution in [0.3, 0.4) is 0 Å². The van der Waals surface area contributed by atoms with Gasteiger partial charge in [-0.05, 0) is 50.6 Å². The number of hydrogen-bond acceptors (Lipinski definition) is 2. The molecule has 2 aliphatic rings. The van der Waals surface area contributed by atoms with Crippen molar-refractivity contribution in [2.75, 3.05) is 26.7 Å². The fourth-order valence-corrected chi connectivity index (χ4v) is 2.41. The topological polar surface area (TPSA) is 23.5 Å². The van der Waals surface area contributed by atoms with E-state index in [9.17, 15) is 0 Å². The van der Waals surface area contributed by atoms with Crippen molar-refractivity contribution in [3.8, 4) is 0 Å². The minimum Gasteiger partial charge on any atom is -0.396 e. The lowest BCUT2D eigenvalue weighted by atomic mass is 9.92. The molecule has 2 fully saturated rings. The van der Waals surface area contributed by atoms with Gasteiger partial charge in [-0.25, -0.2) is 0 Å². The summed E-state index contributed by atoms with van der Waals surface area (Å²) in [5.41, 5.74) is 0.371. The predicted octanol–water partition coefficient (Wildman–Crippen LogP) is 1.10. The second kappa shape index (κ2) is 3.00. The Hall–Kier alpha value is -0.0800. The third kappa shape index (κ3) is 1.64. The Morgan fingerprint density at radius 2 is 2.25 bits per heavy atom. The maximum Gasteiger partial charge on any atom is 0.0487 e. The maximum absolute atomic E-state index is 9.17. The molecule has 0 aromatic carbocycles. The smallest absolute Gasteiger partial charge is 0.0487 e. The van der Waals surface area contributed by atoms with E-state index in [-0.39, 0.29) is 0 Å². The molecule has 0 bridgehead atoms. The van der Waals surface area contributed by atoms with Gasteiger partial charge in [-0.1, -0.05) is 0 Å². The fraction of sp³-hybridized carbons (Fsp3) is 1.00. The van der Waals surface area contributed by atoms with Crippen molar-refractivity contribution in [2.45, 2.75) is 25.7 Å². The number of aliphatic hydroxyl groups excluding tert-OH is 1. The fourth-order valence-electron chi connectivity index (χ4n) is 2.41. The lowest BCUT2D eigenvalue weighted by molar-refractivity contribution is 0.184. The van der Waals surface area contributed by atoms with Crippen molar-refractivity contribution in [2.24, 2.45) is 11.3 Å². The van der Waals surface area contributed by atoms with Crippen LogP contribution >= 0.6 is 0 Å². The third-order valence-corrected chi connectivity index (χ3v) is 3.50. The number of aliphatic hydroxyl groups is 1. The Morgan fingerprint density at radius 3 is 2.67 bits per heavy atom. The molecule has 2 heteroatoms. The second-order valence-electron chi connectivity index (χ2n) is 4.78. The summed E-state index contributed by atoms with van der Waals surface area (Å²) in [5, 5.41) is 9.17. The Morgan fingerprint density at radius 1 is 1.50 bits per heavy atom. The predicted molar refractivity (Wildman–Crippen MR) is 49.0 cm³/mol. The molecule has 1 saturated heterocycles. The summed E-state index contributed by atoms with van der Waals surface area (Å²) in [6.07, 6.45) is 5.15. The minimum absolute atomic E-state index is 0.371. The summed E-state index contributed by atoms with van der Waals surface area (Å²) in [7, 11) is 2.19. The van der Waals surface area contributed by atoms with E-state index < -0.39 is 0 Å². The quantitative estimate of drug-likeness (QED) is 0.684. The van der Waals surface area contributed by atoms with E-state index in [1.807, 2.05) is 0 Å². The monoisotopic (exact) mass is 169 g/mol. The van der Waals surface area contributed by atoms with Gasteiger partial charge in [0, 0.05) is 13.2 Å². The molecular formula is C10H19NO. The molecule has 0 spiro atoms. The molecule has 70 valence electrons. The van der Waals surface area contributed by atoms with Crippen LogP contribution < -0.4 is 0 Å². The van der Waals surface area contributed by atoms with E-state index in [4.69, 9.17) is 5.11 Å². The zero-order valence-corrected chi connectivity index (χ0v) is 7.92. The standard InChI is InChI=1S/C10H19NO/c1-11-5-2-9(7-11)6-10(8-12)3-4-10/h9,12H,2-8H2,1H3. The molecule has 12 heavy (non-hydrogen) atoms. The summed E-state index contributed by atoms with van der Waals surface area (Å²) in [6.45, 7) is 2.93. The molecule has 1 unspecified atom stereocenters. The number of likely N-dealkylation sites (tertiary alicyclic amines) is 1. The van der Waals surface area contributed by atoms with Crippen LogP contribution in [0.15, 0.2) is 0 Å². The highest BCUT2D eigenvalue weighted by atomic mass is 16.3. The van der Waals surface area contributed by atoms with Crippen molar-refractivity contribution in [3.05, 3.63) is 0 Å². The van der Waals surface area contributed by atoms with Crippen LogP contribution in [-0.2, 0) is 0 Å². The molecule has 1 atom stereocenters. The van der Waals surface area contributed by atoms with Crippen LogP contribution in [0, 0.1) is 11.3 Å². The maximum atomic E-state index is 9.17. The largest absolute Gasteiger partial charge is 0.396 e. The van der Waals surface area contributed by atoms with Gasteiger partial charge in [-0.15, -0.1) is 0 Å². The first kappa shape index (κ1) is 8.52. The van der Waals surface area contributed by atoms with Crippen molar-refractivity contribution < 1.29 is 5.11 Å². The van der Waals surface area contributed by atoms with Crippen molar-refractivity contribution >= 4 is 0 Å². The van der Waals surface area contributed by atoms with Gasteiger partial charge in [0.05, 0.1) is 0 Å². The lowest BCUT2D eigenvalue weighted by Gasteiger charge is -2.16. The summed E-state index contributed by atoms with van der Waals surface area (Å²) in [6, 6.07) is 0. The Labute approximate surface area is 74.6 Å². The first-order valence-corrected chi connectivity index (χ1v) is 5.03. The zero-order chi connectivity index (χ0) is 8.60. The van der Waals surface area contributed by atoms with E-state index in [0.717, 1.165) is 5.92 Å². The van der Waals surface area contributed by atoms with Gasteiger partial charge in [0.15, 0.2) is 0 Å². The Kier molecular flexibility index (Phi) is 2.13. The molecule has 1 saturated carbocycles. The van der Waals surface area contributed by atoms with Gasteiger partial charge in [0.2, 0.25) is 0 Å². The van der Waals surface area contributed by atoms with Crippen LogP contribution in [-0.4, -0.2) is 36.8 Å². The second-order valence-corrected chi connectivity index (χ2v) is 4.78. The molecule has 0 amide bonds. The first-order chi connectivity index (χ1) is 5.74.